The van der Waals surface area contributed by atoms with E-state index in [4.69, 9.17) is 5.11 Å². The molecule has 0 bridgehead atoms. The molecule has 0 rings (SSSR count). The van der Waals surface area contributed by atoms with Gasteiger partial charge in [0.2, 0.25) is 11.8 Å². The van der Waals surface area contributed by atoms with Gasteiger partial charge in [0.15, 0.2) is 6.10 Å². The molecule has 0 aliphatic heterocycles. The molecule has 0 heterocycles. The summed E-state index contributed by atoms with van der Waals surface area (Å²) in [5.74, 6) is 2.29. The number of carbonyl (C=O) groups is 3. The third-order valence-corrected chi connectivity index (χ3v) is 15.9. The molecule has 8 atom stereocenters. The van der Waals surface area contributed by atoms with Crippen LogP contribution in [0.4, 0.5) is 0 Å². The molecule has 0 fully saturated rings. The predicted octanol–water partition coefficient (Wildman–Crippen LogP) is 8.23. The van der Waals surface area contributed by atoms with Gasteiger partial charge < -0.3 is 61.1 Å². The van der Waals surface area contributed by atoms with Crippen LogP contribution >= 0.6 is 0 Å². The third kappa shape index (κ3) is 60.0. The van der Waals surface area contributed by atoms with Gasteiger partial charge in [-0.1, -0.05) is 138 Å². The zero-order chi connectivity index (χ0) is 56.9. The quantitative estimate of drug-likeness (QED) is 0.0272. The Balaban J connectivity index is -0.00000281. The smallest absolute Gasteiger partial charge is 0.251 e. The summed E-state index contributed by atoms with van der Waals surface area (Å²) in [6.07, 6.45) is 23.8. The second kappa shape index (κ2) is 66.7. The fourth-order valence-electron chi connectivity index (χ4n) is 10.3. The van der Waals surface area contributed by atoms with Gasteiger partial charge in [-0.25, -0.2) is 0 Å². The summed E-state index contributed by atoms with van der Waals surface area (Å²) in [7, 11) is 9.21. The van der Waals surface area contributed by atoms with Crippen LogP contribution in [0, 0.1) is 250 Å². The Hall–Kier alpha value is 5.26. The number of rotatable bonds is 54. The van der Waals surface area contributed by atoms with Crippen molar-refractivity contribution in [3.63, 3.8) is 0 Å². The maximum atomic E-state index is 12.7. The largest absolute Gasteiger partial charge is 0.394 e. The van der Waals surface area contributed by atoms with Gasteiger partial charge in [-0.2, -0.15) is 0 Å². The normalized spacial score (nSPS) is 14.4. The number of carbonyl (C=O) groups excluding carboxylic acids is 3. The van der Waals surface area contributed by atoms with E-state index in [1.54, 1.807) is 0 Å². The molecule has 8 N–H and O–H groups in total. The summed E-state index contributed by atoms with van der Waals surface area (Å²) in [4.78, 5) is 47.2. The van der Waals surface area contributed by atoms with Crippen molar-refractivity contribution in [2.24, 2.45) is 29.6 Å². The van der Waals surface area contributed by atoms with E-state index >= 15 is 0 Å². The van der Waals surface area contributed by atoms with Crippen molar-refractivity contribution in [2.45, 2.75) is 239 Å². The molecule has 0 aromatic carbocycles. The second-order valence-corrected chi connectivity index (χ2v) is 24.1. The van der Waals surface area contributed by atoms with Crippen LogP contribution in [0.5, 0.6) is 0 Å². The van der Waals surface area contributed by atoms with Crippen molar-refractivity contribution in [1.29, 1.82) is 0 Å². The molecule has 5 radical (unpaired) electrons. The maximum Gasteiger partial charge on any atom is 0.251 e. The van der Waals surface area contributed by atoms with Crippen molar-refractivity contribution in [3.8, 4) is 0 Å². The number of nitrogens with one attached hydrogen (secondary N) is 3. The molecule has 0 aliphatic rings. The van der Waals surface area contributed by atoms with Crippen LogP contribution in [0.15, 0.2) is 0 Å². The number of amides is 3. The minimum Gasteiger partial charge on any atom is -0.394 e. The SMILES string of the molecule is CCCCN(C)CCCCN(C)CC(CCCCCCNC(=O)CCC(C)CCCC(C)CCCCC(C)CCCC(C)CCC(=O)NCCNC(=O)[C@H](O)[C@@H](O)[C@H](O)[C@H](O)CO)CN(C)CCCCN(C)CCCC.[Ac].[Ac].[Ac].[Ac].[Ac]. The van der Waals surface area contributed by atoms with E-state index in [9.17, 15) is 34.8 Å². The molecular weight excluding hydrogens is 2090 g/mol. The Morgan fingerprint density at radius 1 is 0.395 bits per heavy atom. The van der Waals surface area contributed by atoms with E-state index < -0.39 is 36.9 Å². The molecule has 81 heavy (non-hydrogen) atoms. The van der Waals surface area contributed by atoms with Crippen LogP contribution in [0.2, 0.25) is 0 Å². The predicted molar refractivity (Wildman–Crippen MR) is 316 cm³/mol. The molecule has 20 heteroatoms. The van der Waals surface area contributed by atoms with Crippen molar-refractivity contribution in [1.82, 2.24) is 35.6 Å². The minimum absolute atomic E-state index is 0. The fourth-order valence-corrected chi connectivity index (χ4v) is 10.3. The molecule has 3 amide bonds. The van der Waals surface area contributed by atoms with Gasteiger partial charge in [0.1, 0.15) is 18.3 Å². The van der Waals surface area contributed by atoms with Gasteiger partial charge in [0, 0.05) is 266 Å². The van der Waals surface area contributed by atoms with E-state index in [0.717, 1.165) is 44.6 Å². The number of hydrogen-bond donors (Lipinski definition) is 8. The summed E-state index contributed by atoms with van der Waals surface area (Å²) >= 11 is 0. The van der Waals surface area contributed by atoms with Crippen LogP contribution < -0.4 is 16.0 Å². The van der Waals surface area contributed by atoms with E-state index in [1.807, 2.05) is 0 Å². The minimum atomic E-state index is -1.99. The monoisotopic (exact) mass is 2220 g/mol. The molecule has 0 spiro atoms. The zero-order valence-corrected chi connectivity index (χ0v) is 77.6. The van der Waals surface area contributed by atoms with Gasteiger partial charge in [0.05, 0.1) is 6.61 Å². The number of aliphatic hydroxyl groups excluding tert-OH is 5. The Morgan fingerprint density at radius 2 is 0.741 bits per heavy atom. The summed E-state index contributed by atoms with van der Waals surface area (Å²) in [5.41, 5.74) is 0. The Morgan fingerprint density at radius 3 is 1.16 bits per heavy atom. The zero-order valence-electron chi connectivity index (χ0n) is 53.9. The van der Waals surface area contributed by atoms with Crippen LogP contribution in [-0.2, 0) is 14.4 Å². The third-order valence-electron chi connectivity index (χ3n) is 15.9. The van der Waals surface area contributed by atoms with E-state index in [0.29, 0.717) is 36.5 Å². The average Bonchev–Trinajstić information content (AvgIpc) is 3.39. The molecule has 0 aliphatic carbocycles. The van der Waals surface area contributed by atoms with E-state index in [2.05, 4.69) is 105 Å². The van der Waals surface area contributed by atoms with Crippen LogP contribution in [0.3, 0.4) is 0 Å². The Labute approximate surface area is 677 Å². The molecule has 0 saturated heterocycles. The van der Waals surface area contributed by atoms with Gasteiger partial charge in [-0.05, 0) is 161 Å². The van der Waals surface area contributed by atoms with Gasteiger partial charge in [-0.15, -0.1) is 0 Å². The molecule has 0 aromatic rings. The summed E-state index contributed by atoms with van der Waals surface area (Å²) < 4.78 is 0. The average molecular weight is 2220 g/mol. The molecule has 0 saturated carbocycles. The Kier molecular flexibility index (Phi) is 80.2. The summed E-state index contributed by atoms with van der Waals surface area (Å²) in [6, 6.07) is 0. The van der Waals surface area contributed by atoms with Gasteiger partial charge in [0.25, 0.3) is 5.91 Å². The van der Waals surface area contributed by atoms with Gasteiger partial charge >= 0.3 is 0 Å². The van der Waals surface area contributed by atoms with Crippen LogP contribution in [0.1, 0.15) is 215 Å². The molecular formula is C61H125Ac5N7O8. The Bertz CT molecular complexity index is 1370. The van der Waals surface area contributed by atoms with Crippen molar-refractivity contribution in [3.05, 3.63) is 0 Å². The first-order valence-corrected chi connectivity index (χ1v) is 31.2. The first kappa shape index (κ1) is 97.3. The number of unbranched alkanes of at least 4 members (excludes halogenated alkanes) is 8. The van der Waals surface area contributed by atoms with Gasteiger partial charge in [-0.3, -0.25) is 14.4 Å². The van der Waals surface area contributed by atoms with Crippen molar-refractivity contribution >= 4 is 17.7 Å². The number of hydrogen-bond acceptors (Lipinski definition) is 12. The van der Waals surface area contributed by atoms with Crippen LogP contribution in [0.25, 0.3) is 0 Å². The molecule has 4 unspecified atom stereocenters. The standard InChI is InChI=1S/C61H125N7O8.5Ac/c1-11-13-41-65(7)43-21-23-45-67(9)47-54(48-68(10)46-24-22-44-66(8)42-14-12-2)33-17-15-16-20-38-62-56(71)36-34-52(5)31-25-29-50(3)27-18-19-28-51(4)30-26-32-53(6)35-37-57(72)63-39-40-64-61(76)60(75)59(74)58(73)55(70)49-69;;;;;/h50-55,58-60,69-70,73-75H,11-49H2,1-10H3,(H,62,71)(H,63,72)(H,64,76);;;;;/t50?,51?,52?,53?,55-,58-,59+,60-;;;;;/m1...../s1. The first-order valence-electron chi connectivity index (χ1n) is 31.2. The van der Waals surface area contributed by atoms with Crippen molar-refractivity contribution in [2.75, 3.05) is 107 Å². The second-order valence-electron chi connectivity index (χ2n) is 24.1. The fraction of sp³-hybridized carbons (Fsp3) is 0.951. The summed E-state index contributed by atoms with van der Waals surface area (Å²) in [6.45, 7) is 23.5. The molecule has 15 nitrogen and oxygen atoms in total. The van der Waals surface area contributed by atoms with Crippen molar-refractivity contribution < 1.29 is 260 Å². The summed E-state index contributed by atoms with van der Waals surface area (Å²) in [5, 5.41) is 56.0. The molecule has 467 valence electrons. The van der Waals surface area contributed by atoms with E-state index in [-0.39, 0.29) is 245 Å². The van der Waals surface area contributed by atoms with E-state index in [1.165, 1.54) is 181 Å². The maximum absolute atomic E-state index is 12.7. The number of aliphatic hydroxyl groups is 5. The topological polar surface area (TPSA) is 201 Å². The number of nitrogens with zero attached hydrogens (tertiary/aromatic N) is 4. The first-order chi connectivity index (χ1) is 36.3. The molecule has 0 aromatic heterocycles. The van der Waals surface area contributed by atoms with Crippen LogP contribution in [-0.4, -0.2) is 194 Å².